The summed E-state index contributed by atoms with van der Waals surface area (Å²) in [6.45, 7) is 3.59. The summed E-state index contributed by atoms with van der Waals surface area (Å²) in [6, 6.07) is 0. The Morgan fingerprint density at radius 3 is 2.39 bits per heavy atom. The Kier molecular flexibility index (Phi) is 3.93. The summed E-state index contributed by atoms with van der Waals surface area (Å²) in [4.78, 5) is 10.9. The lowest BCUT2D eigenvalue weighted by Crippen LogP contribution is -2.47. The fourth-order valence-electron chi connectivity index (χ4n) is 2.66. The monoisotopic (exact) mass is 276 g/mol. The molecule has 2 atom stereocenters. The van der Waals surface area contributed by atoms with Crippen LogP contribution >= 0.6 is 0 Å². The lowest BCUT2D eigenvalue weighted by Gasteiger charge is -2.32. The molecule has 0 spiro atoms. The van der Waals surface area contributed by atoms with Gasteiger partial charge in [-0.1, -0.05) is 6.92 Å². The first kappa shape index (κ1) is 13.8. The van der Waals surface area contributed by atoms with Crippen molar-refractivity contribution in [3.05, 3.63) is 0 Å². The van der Waals surface area contributed by atoms with E-state index in [-0.39, 0.29) is 6.54 Å². The van der Waals surface area contributed by atoms with Gasteiger partial charge in [-0.05, 0) is 25.2 Å². The first-order valence-corrected chi connectivity index (χ1v) is 7.79. The van der Waals surface area contributed by atoms with E-state index in [0.717, 1.165) is 12.8 Å². The average molecular weight is 276 g/mol. The van der Waals surface area contributed by atoms with Crippen molar-refractivity contribution in [1.82, 2.24) is 8.61 Å². The molecule has 2 rings (SSSR count). The molecule has 6 nitrogen and oxygen atoms in total. The number of rotatable bonds is 3. The molecular weight excluding hydrogens is 256 g/mol. The molecule has 0 aromatic carbocycles. The van der Waals surface area contributed by atoms with Crippen LogP contribution in [0.15, 0.2) is 0 Å². The van der Waals surface area contributed by atoms with E-state index in [4.69, 9.17) is 5.11 Å². The molecule has 2 fully saturated rings. The van der Waals surface area contributed by atoms with Gasteiger partial charge in [-0.15, -0.1) is 0 Å². The third-order valence-electron chi connectivity index (χ3n) is 3.77. The van der Waals surface area contributed by atoms with Gasteiger partial charge in [0.1, 0.15) is 0 Å². The number of hydrogen-bond donors (Lipinski definition) is 1. The Labute approximate surface area is 108 Å². The second-order valence-corrected chi connectivity index (χ2v) is 7.22. The Balaban J connectivity index is 2.05. The SMILES string of the molecule is C[C@@H]1CCCN(S(=O)(=O)N2CC[C@@H](C(=O)O)C2)C1. The average Bonchev–Trinajstić information content (AvgIpc) is 2.79. The minimum Gasteiger partial charge on any atom is -0.481 e. The Morgan fingerprint density at radius 1 is 1.17 bits per heavy atom. The van der Waals surface area contributed by atoms with Gasteiger partial charge in [0.2, 0.25) is 0 Å². The van der Waals surface area contributed by atoms with E-state index in [1.165, 1.54) is 8.61 Å². The summed E-state index contributed by atoms with van der Waals surface area (Å²) < 4.78 is 27.5. The zero-order valence-corrected chi connectivity index (χ0v) is 11.4. The summed E-state index contributed by atoms with van der Waals surface area (Å²) in [7, 11) is -3.46. The minimum atomic E-state index is -3.46. The van der Waals surface area contributed by atoms with Crippen molar-refractivity contribution < 1.29 is 18.3 Å². The number of piperidine rings is 1. The Hall–Kier alpha value is -0.660. The van der Waals surface area contributed by atoms with Crippen molar-refractivity contribution in [3.63, 3.8) is 0 Å². The number of carboxylic acids is 1. The fourth-order valence-corrected chi connectivity index (χ4v) is 4.49. The van der Waals surface area contributed by atoms with E-state index in [0.29, 0.717) is 32.0 Å². The molecule has 18 heavy (non-hydrogen) atoms. The van der Waals surface area contributed by atoms with E-state index < -0.39 is 22.1 Å². The van der Waals surface area contributed by atoms with E-state index in [2.05, 4.69) is 0 Å². The third kappa shape index (κ3) is 2.67. The maximum Gasteiger partial charge on any atom is 0.307 e. The number of carboxylic acid groups (broad SMARTS) is 1. The summed E-state index contributed by atoms with van der Waals surface area (Å²) >= 11 is 0. The maximum atomic E-state index is 12.4. The molecule has 0 aromatic rings. The highest BCUT2D eigenvalue weighted by Crippen LogP contribution is 2.25. The molecule has 0 bridgehead atoms. The fraction of sp³-hybridized carbons (Fsp3) is 0.909. The van der Waals surface area contributed by atoms with E-state index >= 15 is 0 Å². The largest absolute Gasteiger partial charge is 0.481 e. The molecular formula is C11H20N2O4S. The molecule has 0 amide bonds. The zero-order chi connectivity index (χ0) is 13.3. The molecule has 2 heterocycles. The van der Waals surface area contributed by atoms with Crippen LogP contribution in [0.4, 0.5) is 0 Å². The molecule has 0 saturated carbocycles. The van der Waals surface area contributed by atoms with Gasteiger partial charge in [-0.25, -0.2) is 0 Å². The summed E-state index contributed by atoms with van der Waals surface area (Å²) in [5.74, 6) is -1.08. The highest BCUT2D eigenvalue weighted by molar-refractivity contribution is 7.86. The second kappa shape index (κ2) is 5.14. The first-order valence-electron chi connectivity index (χ1n) is 6.39. The van der Waals surface area contributed by atoms with E-state index in [1.807, 2.05) is 6.92 Å². The first-order chi connectivity index (χ1) is 8.41. The number of carbonyl (C=O) groups is 1. The van der Waals surface area contributed by atoms with E-state index in [9.17, 15) is 13.2 Å². The predicted molar refractivity (Wildman–Crippen MR) is 66.2 cm³/mol. The third-order valence-corrected chi connectivity index (χ3v) is 5.74. The molecule has 0 unspecified atom stereocenters. The van der Waals surface area contributed by atoms with Gasteiger partial charge in [-0.3, -0.25) is 4.79 Å². The molecule has 2 aliphatic rings. The van der Waals surface area contributed by atoms with Gasteiger partial charge in [0, 0.05) is 26.2 Å². The smallest absolute Gasteiger partial charge is 0.307 e. The number of hydrogen-bond acceptors (Lipinski definition) is 3. The van der Waals surface area contributed by atoms with Crippen molar-refractivity contribution >= 4 is 16.2 Å². The van der Waals surface area contributed by atoms with Gasteiger partial charge >= 0.3 is 5.97 Å². The Morgan fingerprint density at radius 2 is 1.83 bits per heavy atom. The van der Waals surface area contributed by atoms with Gasteiger partial charge in [-0.2, -0.15) is 17.0 Å². The maximum absolute atomic E-state index is 12.4. The molecule has 2 aliphatic heterocycles. The molecule has 7 heteroatoms. The molecule has 0 aliphatic carbocycles. The summed E-state index contributed by atoms with van der Waals surface area (Å²) in [6.07, 6.45) is 2.36. The van der Waals surface area contributed by atoms with E-state index in [1.54, 1.807) is 0 Å². The van der Waals surface area contributed by atoms with Gasteiger partial charge in [0.25, 0.3) is 10.2 Å². The molecule has 1 N–H and O–H groups in total. The van der Waals surface area contributed by atoms with Crippen molar-refractivity contribution in [2.75, 3.05) is 26.2 Å². The van der Waals surface area contributed by atoms with Gasteiger partial charge in [0.05, 0.1) is 5.92 Å². The van der Waals surface area contributed by atoms with Crippen LogP contribution in [0.5, 0.6) is 0 Å². The van der Waals surface area contributed by atoms with Crippen LogP contribution in [-0.2, 0) is 15.0 Å². The van der Waals surface area contributed by atoms with Crippen LogP contribution in [-0.4, -0.2) is 54.3 Å². The van der Waals surface area contributed by atoms with Crippen molar-refractivity contribution in [2.45, 2.75) is 26.2 Å². The number of aliphatic carboxylic acids is 1. The molecule has 0 aromatic heterocycles. The van der Waals surface area contributed by atoms with Crippen LogP contribution in [0.1, 0.15) is 26.2 Å². The van der Waals surface area contributed by atoms with Gasteiger partial charge < -0.3 is 5.11 Å². The van der Waals surface area contributed by atoms with Crippen LogP contribution in [0.3, 0.4) is 0 Å². The quantitative estimate of drug-likeness (QED) is 0.808. The predicted octanol–water partition coefficient (Wildman–Crippen LogP) is 0.370. The van der Waals surface area contributed by atoms with Crippen LogP contribution in [0, 0.1) is 11.8 Å². The lowest BCUT2D eigenvalue weighted by atomic mass is 10.0. The summed E-state index contributed by atoms with van der Waals surface area (Å²) in [5.41, 5.74) is 0. The molecule has 104 valence electrons. The zero-order valence-electron chi connectivity index (χ0n) is 10.6. The minimum absolute atomic E-state index is 0.114. The second-order valence-electron chi connectivity index (χ2n) is 5.30. The summed E-state index contributed by atoms with van der Waals surface area (Å²) in [5, 5.41) is 8.91. The Bertz CT molecular complexity index is 423. The molecule has 2 saturated heterocycles. The number of nitrogens with zero attached hydrogens (tertiary/aromatic N) is 2. The van der Waals surface area contributed by atoms with Crippen LogP contribution in [0.25, 0.3) is 0 Å². The van der Waals surface area contributed by atoms with Crippen molar-refractivity contribution in [1.29, 1.82) is 0 Å². The normalized spacial score (nSPS) is 31.6. The van der Waals surface area contributed by atoms with Crippen LogP contribution < -0.4 is 0 Å². The van der Waals surface area contributed by atoms with Crippen molar-refractivity contribution in [2.24, 2.45) is 11.8 Å². The van der Waals surface area contributed by atoms with Crippen LogP contribution in [0.2, 0.25) is 0 Å². The van der Waals surface area contributed by atoms with Gasteiger partial charge in [0.15, 0.2) is 0 Å². The topological polar surface area (TPSA) is 77.9 Å². The standard InChI is InChI=1S/C11H20N2O4S/c1-9-3-2-5-12(7-9)18(16,17)13-6-4-10(8-13)11(14)15/h9-10H,2-8H2,1H3,(H,14,15)/t9-,10-/m1/s1. The highest BCUT2D eigenvalue weighted by Gasteiger charge is 2.39. The lowest BCUT2D eigenvalue weighted by molar-refractivity contribution is -0.141. The molecule has 0 radical (unpaired) electrons. The van der Waals surface area contributed by atoms with Crippen molar-refractivity contribution in [3.8, 4) is 0 Å². The highest BCUT2D eigenvalue weighted by atomic mass is 32.2.